The molecular formula is C22H31N3O2. The van der Waals surface area contributed by atoms with Crippen LogP contribution in [0.4, 0.5) is 0 Å². The van der Waals surface area contributed by atoms with Crippen LogP contribution in [-0.2, 0) is 17.6 Å². The summed E-state index contributed by atoms with van der Waals surface area (Å²) >= 11 is 0. The maximum absolute atomic E-state index is 11.9. The van der Waals surface area contributed by atoms with Crippen LogP contribution < -0.4 is 5.56 Å². The lowest BCUT2D eigenvalue weighted by Crippen LogP contribution is -2.41. The summed E-state index contributed by atoms with van der Waals surface area (Å²) in [5.74, 6) is 1.44. The number of allylic oxidation sites excluding steroid dienone is 1. The number of aromatic nitrogens is 2. The van der Waals surface area contributed by atoms with Gasteiger partial charge in [-0.1, -0.05) is 19.6 Å². The van der Waals surface area contributed by atoms with Crippen LogP contribution in [0.15, 0.2) is 35.3 Å². The molecule has 5 heteroatoms. The molecular weight excluding hydrogens is 338 g/mol. The molecule has 1 saturated heterocycles. The molecule has 27 heavy (non-hydrogen) atoms. The van der Waals surface area contributed by atoms with E-state index < -0.39 is 0 Å². The van der Waals surface area contributed by atoms with Gasteiger partial charge in [0.05, 0.1) is 23.4 Å². The van der Waals surface area contributed by atoms with Gasteiger partial charge in [0.25, 0.3) is 5.56 Å². The van der Waals surface area contributed by atoms with E-state index in [0.29, 0.717) is 30.7 Å². The van der Waals surface area contributed by atoms with Crippen LogP contribution in [0.5, 0.6) is 0 Å². The Balaban J connectivity index is 1.64. The van der Waals surface area contributed by atoms with Gasteiger partial charge in [-0.3, -0.25) is 4.79 Å². The minimum atomic E-state index is -0.0809. The second-order valence-corrected chi connectivity index (χ2v) is 7.48. The molecule has 0 bridgehead atoms. The molecule has 5 nitrogen and oxygen atoms in total. The van der Waals surface area contributed by atoms with Crippen molar-refractivity contribution >= 4 is 11.0 Å². The fraction of sp³-hybridized carbons (Fsp3) is 0.545. The highest BCUT2D eigenvalue weighted by Crippen LogP contribution is 2.26. The monoisotopic (exact) mass is 369 g/mol. The Kier molecular flexibility index (Phi) is 6.32. The number of hydrogen-bond donors (Lipinski definition) is 1. The number of likely N-dealkylation sites (tertiary alicyclic amines) is 1. The number of aryl methyl sites for hydroxylation is 1. The Morgan fingerprint density at radius 2 is 2.11 bits per heavy atom. The molecule has 1 unspecified atom stereocenters. The van der Waals surface area contributed by atoms with Gasteiger partial charge >= 0.3 is 0 Å². The van der Waals surface area contributed by atoms with Gasteiger partial charge in [-0.05, 0) is 70.3 Å². The van der Waals surface area contributed by atoms with Gasteiger partial charge < -0.3 is 14.6 Å². The molecule has 1 N–H and O–H groups in total. The van der Waals surface area contributed by atoms with E-state index in [2.05, 4.69) is 40.5 Å². The maximum atomic E-state index is 11.9. The predicted molar refractivity (Wildman–Crippen MR) is 110 cm³/mol. The molecule has 1 aromatic carbocycles. The Morgan fingerprint density at radius 1 is 1.37 bits per heavy atom. The maximum Gasteiger partial charge on any atom is 0.270 e. The van der Waals surface area contributed by atoms with Crippen molar-refractivity contribution in [1.82, 2.24) is 14.9 Å². The van der Waals surface area contributed by atoms with Gasteiger partial charge in [0.15, 0.2) is 0 Å². The topological polar surface area (TPSA) is 58.2 Å². The van der Waals surface area contributed by atoms with Crippen LogP contribution in [0.3, 0.4) is 0 Å². The van der Waals surface area contributed by atoms with Crippen LogP contribution in [0.1, 0.15) is 44.9 Å². The van der Waals surface area contributed by atoms with Crippen LogP contribution >= 0.6 is 0 Å². The third kappa shape index (κ3) is 4.59. The number of fused-ring (bicyclic) bond motifs is 1. The number of ether oxygens (including phenoxy) is 1. The molecule has 146 valence electrons. The average molecular weight is 370 g/mol. The summed E-state index contributed by atoms with van der Waals surface area (Å²) < 4.78 is 5.60. The highest BCUT2D eigenvalue weighted by Gasteiger charge is 2.25. The van der Waals surface area contributed by atoms with Crippen molar-refractivity contribution < 1.29 is 4.74 Å². The fourth-order valence-corrected chi connectivity index (χ4v) is 3.97. The molecule has 0 saturated carbocycles. The number of piperidine rings is 1. The van der Waals surface area contributed by atoms with E-state index >= 15 is 0 Å². The molecule has 0 amide bonds. The van der Waals surface area contributed by atoms with E-state index in [4.69, 9.17) is 4.74 Å². The molecule has 0 aliphatic carbocycles. The highest BCUT2D eigenvalue weighted by molar-refractivity contribution is 5.74. The number of H-pyrrole nitrogens is 1. The number of nitrogens with one attached hydrogen (secondary N) is 1. The molecule has 3 rings (SSSR count). The molecule has 1 aromatic heterocycles. The zero-order valence-electron chi connectivity index (χ0n) is 16.8. The largest absolute Gasteiger partial charge is 0.499 e. The lowest BCUT2D eigenvalue weighted by Gasteiger charge is -2.36. The van der Waals surface area contributed by atoms with Crippen LogP contribution in [-0.4, -0.2) is 40.6 Å². The summed E-state index contributed by atoms with van der Waals surface area (Å²) in [6.07, 6.45) is 3.86. The summed E-state index contributed by atoms with van der Waals surface area (Å²) in [4.78, 5) is 21.9. The molecule has 1 aliphatic heterocycles. The van der Waals surface area contributed by atoms with Crippen molar-refractivity contribution in [3.8, 4) is 0 Å². The van der Waals surface area contributed by atoms with Crippen molar-refractivity contribution in [2.75, 3.05) is 19.7 Å². The van der Waals surface area contributed by atoms with Crippen molar-refractivity contribution in [2.45, 2.75) is 52.5 Å². The zero-order valence-corrected chi connectivity index (χ0v) is 16.8. The number of hydrogen-bond acceptors (Lipinski definition) is 4. The van der Waals surface area contributed by atoms with E-state index in [1.165, 1.54) is 5.56 Å². The highest BCUT2D eigenvalue weighted by atomic mass is 16.5. The minimum absolute atomic E-state index is 0.0809. The Morgan fingerprint density at radius 3 is 2.78 bits per heavy atom. The van der Waals surface area contributed by atoms with Crippen molar-refractivity contribution in [2.24, 2.45) is 5.92 Å². The van der Waals surface area contributed by atoms with E-state index in [1.807, 2.05) is 19.9 Å². The van der Waals surface area contributed by atoms with Crippen LogP contribution in [0.25, 0.3) is 11.0 Å². The Hall–Kier alpha value is -2.14. The first-order chi connectivity index (χ1) is 13.0. The average Bonchev–Trinajstić information content (AvgIpc) is 2.68. The molecule has 1 atom stereocenters. The van der Waals surface area contributed by atoms with Crippen LogP contribution in [0.2, 0.25) is 0 Å². The van der Waals surface area contributed by atoms with Gasteiger partial charge in [-0.25, -0.2) is 4.98 Å². The second-order valence-electron chi connectivity index (χ2n) is 7.48. The number of nitrogens with zero attached hydrogens (tertiary/aromatic N) is 2. The number of aromatic amines is 1. The summed E-state index contributed by atoms with van der Waals surface area (Å²) in [6, 6.07) is 6.66. The minimum Gasteiger partial charge on any atom is -0.499 e. The normalized spacial score (nSPS) is 17.1. The standard InChI is InChI=1S/C22H31N3O2/c1-5-19-22(26)24-20-8-7-17(14-21(20)23-19)13-15(3)25-11-9-18(10-12-25)16(4)27-6-2/h7-8,14-15,18H,4-6,9-13H2,1-3H3,(H,24,26). The smallest absolute Gasteiger partial charge is 0.270 e. The first-order valence-electron chi connectivity index (χ1n) is 10.1. The summed E-state index contributed by atoms with van der Waals surface area (Å²) in [5, 5.41) is 0. The summed E-state index contributed by atoms with van der Waals surface area (Å²) in [6.45, 7) is 13.2. The van der Waals surface area contributed by atoms with E-state index in [9.17, 15) is 4.79 Å². The quantitative estimate of drug-likeness (QED) is 0.757. The summed E-state index contributed by atoms with van der Waals surface area (Å²) in [5.41, 5.74) is 3.47. The molecule has 0 radical (unpaired) electrons. The third-order valence-electron chi connectivity index (χ3n) is 5.63. The van der Waals surface area contributed by atoms with Crippen molar-refractivity contribution in [3.05, 3.63) is 52.1 Å². The van der Waals surface area contributed by atoms with Gasteiger partial charge in [0.1, 0.15) is 5.69 Å². The number of rotatable bonds is 7. The van der Waals surface area contributed by atoms with Gasteiger partial charge in [0, 0.05) is 12.0 Å². The molecule has 0 spiro atoms. The predicted octanol–water partition coefficient (Wildman–Crippen LogP) is 3.68. The second kappa shape index (κ2) is 8.70. The van der Waals surface area contributed by atoms with E-state index in [0.717, 1.165) is 49.1 Å². The number of benzene rings is 1. The van der Waals surface area contributed by atoms with Gasteiger partial charge in [0.2, 0.25) is 0 Å². The Bertz CT molecular complexity index is 850. The van der Waals surface area contributed by atoms with Crippen molar-refractivity contribution in [1.29, 1.82) is 0 Å². The molecule has 1 fully saturated rings. The third-order valence-corrected chi connectivity index (χ3v) is 5.63. The fourth-order valence-electron chi connectivity index (χ4n) is 3.97. The van der Waals surface area contributed by atoms with E-state index in [-0.39, 0.29) is 5.56 Å². The Labute approximate surface area is 161 Å². The lowest BCUT2D eigenvalue weighted by atomic mass is 9.93. The van der Waals surface area contributed by atoms with E-state index in [1.54, 1.807) is 0 Å². The first-order valence-corrected chi connectivity index (χ1v) is 10.1. The van der Waals surface area contributed by atoms with Gasteiger partial charge in [-0.2, -0.15) is 0 Å². The zero-order chi connectivity index (χ0) is 19.4. The molecule has 2 heterocycles. The van der Waals surface area contributed by atoms with Gasteiger partial charge in [-0.15, -0.1) is 0 Å². The molecule has 1 aliphatic rings. The molecule has 2 aromatic rings. The SMILES string of the molecule is C=C(OCC)C1CCN(C(C)Cc2ccc3[nH]c(=O)c(CC)nc3c2)CC1. The lowest BCUT2D eigenvalue weighted by molar-refractivity contribution is 0.113. The summed E-state index contributed by atoms with van der Waals surface area (Å²) in [7, 11) is 0. The first kappa shape index (κ1) is 19.6. The van der Waals surface area contributed by atoms with Crippen LogP contribution in [0, 0.1) is 5.92 Å². The van der Waals surface area contributed by atoms with Crippen molar-refractivity contribution in [3.63, 3.8) is 0 Å².